The molecule has 25 heavy (non-hydrogen) atoms. The Morgan fingerprint density at radius 2 is 1.52 bits per heavy atom. The van der Waals surface area contributed by atoms with Crippen LogP contribution < -0.4 is 0 Å². The van der Waals surface area contributed by atoms with Crippen LogP contribution in [0, 0.1) is 0 Å². The van der Waals surface area contributed by atoms with E-state index in [-0.39, 0.29) is 31.4 Å². The van der Waals surface area contributed by atoms with E-state index in [0.717, 1.165) is 36.1 Å². The molecular weight excluding hydrogens is 355 g/mol. The van der Waals surface area contributed by atoms with Gasteiger partial charge in [0.05, 0.1) is 17.8 Å². The van der Waals surface area contributed by atoms with Crippen molar-refractivity contribution in [3.63, 3.8) is 0 Å². The minimum Gasteiger partial charge on any atom is -0.395 e. The first-order valence-corrected chi connectivity index (χ1v) is 8.07. The third-order valence-corrected chi connectivity index (χ3v) is 4.02. The zero-order chi connectivity index (χ0) is 15.9. The molecule has 5 heteroatoms. The number of nitrogens with zero attached hydrogens (tertiary/aromatic N) is 2. The lowest BCUT2D eigenvalue weighted by Crippen LogP contribution is -2.29. The van der Waals surface area contributed by atoms with Crippen LogP contribution in [-0.2, 0) is 13.0 Å². The predicted molar refractivity (Wildman–Crippen MR) is 109 cm³/mol. The SMILES string of the molecule is Cl.Cl.OCCN(CCc1ccccc1)Cc1ccc2ccccc2n1. The number of aliphatic hydroxyl groups excluding tert-OH is 1. The highest BCUT2D eigenvalue weighted by Gasteiger charge is 2.07. The molecule has 0 aliphatic rings. The number of halogens is 2. The number of pyridine rings is 1. The van der Waals surface area contributed by atoms with Gasteiger partial charge in [-0.15, -0.1) is 24.8 Å². The summed E-state index contributed by atoms with van der Waals surface area (Å²) in [7, 11) is 0. The van der Waals surface area contributed by atoms with Crippen molar-refractivity contribution in [2.75, 3.05) is 19.7 Å². The summed E-state index contributed by atoms with van der Waals surface area (Å²) in [4.78, 5) is 6.98. The van der Waals surface area contributed by atoms with Crippen molar-refractivity contribution in [1.82, 2.24) is 9.88 Å². The van der Waals surface area contributed by atoms with Crippen LogP contribution in [-0.4, -0.2) is 34.7 Å². The zero-order valence-electron chi connectivity index (χ0n) is 14.0. The molecule has 0 aliphatic carbocycles. The van der Waals surface area contributed by atoms with E-state index in [9.17, 15) is 5.11 Å². The van der Waals surface area contributed by atoms with E-state index in [1.54, 1.807) is 0 Å². The van der Waals surface area contributed by atoms with Crippen LogP contribution in [0.5, 0.6) is 0 Å². The molecule has 3 aromatic rings. The first-order chi connectivity index (χ1) is 11.3. The van der Waals surface area contributed by atoms with Gasteiger partial charge in [-0.25, -0.2) is 0 Å². The Labute approximate surface area is 161 Å². The van der Waals surface area contributed by atoms with Gasteiger partial charge in [-0.2, -0.15) is 0 Å². The van der Waals surface area contributed by atoms with E-state index in [1.165, 1.54) is 5.56 Å². The average molecular weight is 379 g/mol. The van der Waals surface area contributed by atoms with E-state index in [1.807, 2.05) is 24.3 Å². The van der Waals surface area contributed by atoms with Crippen molar-refractivity contribution >= 4 is 35.7 Å². The molecule has 0 spiro atoms. The monoisotopic (exact) mass is 378 g/mol. The highest BCUT2D eigenvalue weighted by Crippen LogP contribution is 2.13. The van der Waals surface area contributed by atoms with Gasteiger partial charge < -0.3 is 5.11 Å². The quantitative estimate of drug-likeness (QED) is 0.671. The van der Waals surface area contributed by atoms with Crippen molar-refractivity contribution < 1.29 is 5.11 Å². The maximum Gasteiger partial charge on any atom is 0.0705 e. The summed E-state index contributed by atoms with van der Waals surface area (Å²) in [6, 6.07) is 22.8. The molecule has 0 atom stereocenters. The summed E-state index contributed by atoms with van der Waals surface area (Å²) in [5.74, 6) is 0. The van der Waals surface area contributed by atoms with Gasteiger partial charge >= 0.3 is 0 Å². The molecule has 1 aromatic heterocycles. The number of rotatable bonds is 7. The highest BCUT2D eigenvalue weighted by molar-refractivity contribution is 5.85. The summed E-state index contributed by atoms with van der Waals surface area (Å²) in [5.41, 5.74) is 3.39. The minimum atomic E-state index is 0. The van der Waals surface area contributed by atoms with Gasteiger partial charge in [0.25, 0.3) is 0 Å². The lowest BCUT2D eigenvalue weighted by molar-refractivity contribution is 0.190. The van der Waals surface area contributed by atoms with E-state index in [4.69, 9.17) is 4.98 Å². The number of hydrogen-bond donors (Lipinski definition) is 1. The molecule has 0 saturated carbocycles. The molecule has 3 rings (SSSR count). The van der Waals surface area contributed by atoms with Crippen LogP contribution in [0.4, 0.5) is 0 Å². The Kier molecular flexibility index (Phi) is 9.46. The first-order valence-electron chi connectivity index (χ1n) is 8.07. The van der Waals surface area contributed by atoms with Gasteiger partial charge in [0.15, 0.2) is 0 Å². The summed E-state index contributed by atoms with van der Waals surface area (Å²) < 4.78 is 0. The van der Waals surface area contributed by atoms with Crippen LogP contribution in [0.1, 0.15) is 11.3 Å². The third-order valence-electron chi connectivity index (χ3n) is 4.02. The van der Waals surface area contributed by atoms with Crippen LogP contribution in [0.2, 0.25) is 0 Å². The van der Waals surface area contributed by atoms with Crippen molar-refractivity contribution in [1.29, 1.82) is 0 Å². The zero-order valence-corrected chi connectivity index (χ0v) is 15.7. The molecule has 2 aromatic carbocycles. The fraction of sp³-hybridized carbons (Fsp3) is 0.250. The Morgan fingerprint density at radius 1 is 0.800 bits per heavy atom. The molecule has 1 heterocycles. The van der Waals surface area contributed by atoms with Crippen molar-refractivity contribution in [2.24, 2.45) is 0 Å². The van der Waals surface area contributed by atoms with Gasteiger partial charge in [0, 0.05) is 25.0 Å². The number of para-hydroxylation sites is 1. The lowest BCUT2D eigenvalue weighted by atomic mass is 10.1. The second kappa shape index (κ2) is 11.1. The molecule has 3 nitrogen and oxygen atoms in total. The van der Waals surface area contributed by atoms with E-state index >= 15 is 0 Å². The summed E-state index contributed by atoms with van der Waals surface area (Å²) in [5, 5.41) is 10.5. The molecule has 0 aliphatic heterocycles. The van der Waals surface area contributed by atoms with E-state index < -0.39 is 0 Å². The van der Waals surface area contributed by atoms with E-state index in [2.05, 4.69) is 47.4 Å². The predicted octanol–water partition coefficient (Wildman–Crippen LogP) is 4.12. The molecule has 0 fully saturated rings. The fourth-order valence-electron chi connectivity index (χ4n) is 2.77. The number of fused-ring (bicyclic) bond motifs is 1. The lowest BCUT2D eigenvalue weighted by Gasteiger charge is -2.21. The van der Waals surface area contributed by atoms with E-state index in [0.29, 0.717) is 6.54 Å². The molecule has 134 valence electrons. The molecule has 1 N–H and O–H groups in total. The van der Waals surface area contributed by atoms with Gasteiger partial charge in [0.1, 0.15) is 0 Å². The molecule has 0 saturated heterocycles. The second-order valence-electron chi connectivity index (χ2n) is 5.73. The smallest absolute Gasteiger partial charge is 0.0705 e. The van der Waals surface area contributed by atoms with Gasteiger partial charge in [0.2, 0.25) is 0 Å². The van der Waals surface area contributed by atoms with Gasteiger partial charge in [-0.3, -0.25) is 9.88 Å². The topological polar surface area (TPSA) is 36.4 Å². The number of benzene rings is 2. The second-order valence-corrected chi connectivity index (χ2v) is 5.73. The molecule has 0 bridgehead atoms. The number of aromatic nitrogens is 1. The number of aliphatic hydroxyl groups is 1. The largest absolute Gasteiger partial charge is 0.395 e. The number of hydrogen-bond acceptors (Lipinski definition) is 3. The van der Waals surface area contributed by atoms with Crippen LogP contribution in [0.25, 0.3) is 10.9 Å². The normalized spacial score (nSPS) is 10.3. The van der Waals surface area contributed by atoms with Crippen LogP contribution in [0.3, 0.4) is 0 Å². The van der Waals surface area contributed by atoms with Crippen LogP contribution in [0.15, 0.2) is 66.7 Å². The van der Waals surface area contributed by atoms with Crippen molar-refractivity contribution in [3.8, 4) is 0 Å². The fourth-order valence-corrected chi connectivity index (χ4v) is 2.77. The van der Waals surface area contributed by atoms with Gasteiger partial charge in [-0.05, 0) is 24.1 Å². The van der Waals surface area contributed by atoms with Gasteiger partial charge in [-0.1, -0.05) is 54.6 Å². The van der Waals surface area contributed by atoms with Crippen molar-refractivity contribution in [2.45, 2.75) is 13.0 Å². The molecule has 0 amide bonds. The molecule has 0 unspecified atom stereocenters. The summed E-state index contributed by atoms with van der Waals surface area (Å²) >= 11 is 0. The average Bonchev–Trinajstić information content (AvgIpc) is 2.61. The minimum absolute atomic E-state index is 0. The maximum atomic E-state index is 9.32. The summed E-state index contributed by atoms with van der Waals surface area (Å²) in [6.45, 7) is 2.51. The Bertz CT molecular complexity index is 753. The first kappa shape index (κ1) is 21.4. The summed E-state index contributed by atoms with van der Waals surface area (Å²) in [6.07, 6.45) is 0.981. The standard InChI is InChI=1S/C20H22N2O.2ClH/c23-15-14-22(13-12-17-6-2-1-3-7-17)16-19-11-10-18-8-4-5-9-20(18)21-19;;/h1-11,23H,12-16H2;2*1H. The van der Waals surface area contributed by atoms with Crippen LogP contribution >= 0.6 is 24.8 Å². The molecule has 0 radical (unpaired) electrons. The Morgan fingerprint density at radius 3 is 2.28 bits per heavy atom. The maximum absolute atomic E-state index is 9.32. The Hall–Kier alpha value is -1.65. The third kappa shape index (κ3) is 6.29. The Balaban J connectivity index is 0.00000156. The highest BCUT2D eigenvalue weighted by atomic mass is 35.5. The molecular formula is C20H24Cl2N2O. The van der Waals surface area contributed by atoms with Crippen molar-refractivity contribution in [3.05, 3.63) is 78.0 Å².